The summed E-state index contributed by atoms with van der Waals surface area (Å²) in [5, 5.41) is 8.28. The maximum atomic E-state index is 12.1. The van der Waals surface area contributed by atoms with Crippen molar-refractivity contribution in [3.63, 3.8) is 0 Å². The van der Waals surface area contributed by atoms with Crippen LogP contribution >= 0.6 is 0 Å². The minimum Gasteiger partial charge on any atom is -0.379 e. The third kappa shape index (κ3) is 7.56. The summed E-state index contributed by atoms with van der Waals surface area (Å²) in [4.78, 5) is 26.3. The molecule has 2 rings (SSSR count). The number of unbranched alkanes of at least 4 members (excludes halogenated alkanes) is 1. The zero-order valence-electron chi connectivity index (χ0n) is 16.7. The summed E-state index contributed by atoms with van der Waals surface area (Å²) >= 11 is 0. The van der Waals surface area contributed by atoms with E-state index in [2.05, 4.69) is 20.9 Å². The number of benzene rings is 1. The van der Waals surface area contributed by atoms with Crippen LogP contribution in [0.25, 0.3) is 0 Å². The van der Waals surface area contributed by atoms with Crippen LogP contribution in [0.3, 0.4) is 0 Å². The Kier molecular flexibility index (Phi) is 8.54. The largest absolute Gasteiger partial charge is 0.379 e. The van der Waals surface area contributed by atoms with Crippen molar-refractivity contribution in [3.8, 4) is 0 Å². The van der Waals surface area contributed by atoms with E-state index < -0.39 is 0 Å². The van der Waals surface area contributed by atoms with Gasteiger partial charge in [0.25, 0.3) is 0 Å². The second kappa shape index (κ2) is 10.9. The van der Waals surface area contributed by atoms with Crippen molar-refractivity contribution in [1.82, 2.24) is 15.5 Å². The van der Waals surface area contributed by atoms with Crippen LogP contribution in [0.4, 0.5) is 10.5 Å². The van der Waals surface area contributed by atoms with Gasteiger partial charge in [0.05, 0.1) is 19.8 Å². The van der Waals surface area contributed by atoms with Gasteiger partial charge in [-0.1, -0.05) is 17.7 Å². The molecule has 0 radical (unpaired) electrons. The zero-order valence-corrected chi connectivity index (χ0v) is 16.7. The Morgan fingerprint density at radius 1 is 1.04 bits per heavy atom. The Bertz CT molecular complexity index is 619. The van der Waals surface area contributed by atoms with Crippen molar-refractivity contribution in [2.24, 2.45) is 0 Å². The minimum absolute atomic E-state index is 0.0492. The average Bonchev–Trinajstić information content (AvgIpc) is 2.63. The first-order chi connectivity index (χ1) is 13.0. The van der Waals surface area contributed by atoms with E-state index in [1.165, 1.54) is 0 Å². The highest BCUT2D eigenvalue weighted by Crippen LogP contribution is 2.21. The molecule has 0 atom stereocenters. The number of amides is 3. The molecular formula is C20H32N4O3. The highest BCUT2D eigenvalue weighted by Gasteiger charge is 2.11. The molecule has 3 N–H and O–H groups in total. The lowest BCUT2D eigenvalue weighted by Crippen LogP contribution is -2.40. The van der Waals surface area contributed by atoms with Gasteiger partial charge in [0.1, 0.15) is 0 Å². The van der Waals surface area contributed by atoms with Gasteiger partial charge in [-0.2, -0.15) is 0 Å². The van der Waals surface area contributed by atoms with Gasteiger partial charge in [-0.15, -0.1) is 0 Å². The Morgan fingerprint density at radius 2 is 1.70 bits per heavy atom. The molecule has 0 saturated carbocycles. The highest BCUT2D eigenvalue weighted by atomic mass is 16.5. The van der Waals surface area contributed by atoms with E-state index in [9.17, 15) is 9.59 Å². The molecule has 0 unspecified atom stereocenters. The number of nitrogens with zero attached hydrogens (tertiary/aromatic N) is 1. The van der Waals surface area contributed by atoms with E-state index in [4.69, 9.17) is 4.74 Å². The number of morpholine rings is 1. The molecule has 0 spiro atoms. The molecule has 7 heteroatoms. The van der Waals surface area contributed by atoms with E-state index in [1.54, 1.807) is 0 Å². The third-order valence-corrected chi connectivity index (χ3v) is 4.64. The van der Waals surface area contributed by atoms with Gasteiger partial charge in [0.15, 0.2) is 0 Å². The van der Waals surface area contributed by atoms with Gasteiger partial charge in [-0.05, 0) is 51.3 Å². The maximum Gasteiger partial charge on any atom is 0.315 e. The predicted molar refractivity (Wildman–Crippen MR) is 107 cm³/mol. The van der Waals surface area contributed by atoms with E-state index >= 15 is 0 Å². The quantitative estimate of drug-likeness (QED) is 0.606. The van der Waals surface area contributed by atoms with Crippen LogP contribution in [0.15, 0.2) is 12.1 Å². The number of carbonyl (C=O) groups is 2. The van der Waals surface area contributed by atoms with Gasteiger partial charge in [0, 0.05) is 25.3 Å². The molecule has 1 aromatic rings. The van der Waals surface area contributed by atoms with Crippen LogP contribution in [-0.2, 0) is 9.53 Å². The van der Waals surface area contributed by atoms with Crippen LogP contribution in [0, 0.1) is 20.8 Å². The molecule has 150 valence electrons. The monoisotopic (exact) mass is 376 g/mol. The normalized spacial score (nSPS) is 14.6. The molecule has 1 aliphatic rings. The molecule has 0 aromatic heterocycles. The van der Waals surface area contributed by atoms with Crippen molar-refractivity contribution in [2.75, 3.05) is 51.3 Å². The molecule has 1 saturated heterocycles. The smallest absolute Gasteiger partial charge is 0.315 e. The summed E-state index contributed by atoms with van der Waals surface area (Å²) in [6.07, 6.45) is 1.95. The minimum atomic E-state index is -0.311. The second-order valence-electron chi connectivity index (χ2n) is 7.09. The van der Waals surface area contributed by atoms with Crippen LogP contribution in [0.1, 0.15) is 29.5 Å². The summed E-state index contributed by atoms with van der Waals surface area (Å²) in [6, 6.07) is 3.74. The fourth-order valence-corrected chi connectivity index (χ4v) is 3.27. The number of nitrogens with one attached hydrogen (secondary N) is 3. The molecule has 0 aliphatic carbocycles. The van der Waals surface area contributed by atoms with Crippen LogP contribution in [0.2, 0.25) is 0 Å². The number of anilines is 1. The molecular weight excluding hydrogens is 344 g/mol. The summed E-state index contributed by atoms with van der Waals surface area (Å²) in [5.41, 5.74) is 4.01. The number of rotatable bonds is 8. The number of urea groups is 1. The fourth-order valence-electron chi connectivity index (χ4n) is 3.27. The first kappa shape index (κ1) is 21.2. The maximum absolute atomic E-state index is 12.1. The number of hydrogen-bond acceptors (Lipinski definition) is 4. The molecule has 3 amide bonds. The van der Waals surface area contributed by atoms with E-state index in [1.807, 2.05) is 32.9 Å². The van der Waals surface area contributed by atoms with Gasteiger partial charge in [0.2, 0.25) is 5.91 Å². The molecule has 7 nitrogen and oxygen atoms in total. The number of aryl methyl sites for hydroxylation is 3. The van der Waals surface area contributed by atoms with Crippen molar-refractivity contribution < 1.29 is 14.3 Å². The summed E-state index contributed by atoms with van der Waals surface area (Å²) < 4.78 is 5.32. The topological polar surface area (TPSA) is 82.7 Å². The summed E-state index contributed by atoms with van der Waals surface area (Å²) in [6.45, 7) is 11.1. The van der Waals surface area contributed by atoms with Gasteiger partial charge in [-0.25, -0.2) is 4.79 Å². The van der Waals surface area contributed by atoms with Crippen molar-refractivity contribution in [1.29, 1.82) is 0 Å². The Hall–Kier alpha value is -2.12. The van der Waals surface area contributed by atoms with Gasteiger partial charge >= 0.3 is 6.03 Å². The Morgan fingerprint density at radius 3 is 2.37 bits per heavy atom. The van der Waals surface area contributed by atoms with Crippen LogP contribution in [-0.4, -0.2) is 62.8 Å². The number of carbonyl (C=O) groups excluding carboxylic acids is 2. The molecule has 27 heavy (non-hydrogen) atoms. The molecule has 1 aliphatic heterocycles. The third-order valence-electron chi connectivity index (χ3n) is 4.64. The standard InChI is InChI=1S/C20H32N4O3/c1-15-12-16(2)19(17(3)13-15)23-18(25)14-22-20(26)21-6-4-5-7-24-8-10-27-11-9-24/h12-13H,4-11,14H2,1-3H3,(H,23,25)(H2,21,22,26). The van der Waals surface area contributed by atoms with Crippen molar-refractivity contribution in [2.45, 2.75) is 33.6 Å². The molecule has 1 heterocycles. The van der Waals surface area contributed by atoms with Crippen LogP contribution < -0.4 is 16.0 Å². The van der Waals surface area contributed by atoms with Crippen LogP contribution in [0.5, 0.6) is 0 Å². The zero-order chi connectivity index (χ0) is 19.6. The highest BCUT2D eigenvalue weighted by molar-refractivity contribution is 5.95. The summed E-state index contributed by atoms with van der Waals surface area (Å²) in [7, 11) is 0. The fraction of sp³-hybridized carbons (Fsp3) is 0.600. The van der Waals surface area contributed by atoms with E-state index in [-0.39, 0.29) is 18.5 Å². The lowest BCUT2D eigenvalue weighted by atomic mass is 10.1. The Labute approximate surface area is 161 Å². The van der Waals surface area contributed by atoms with Gasteiger partial charge in [-0.3, -0.25) is 9.69 Å². The average molecular weight is 377 g/mol. The van der Waals surface area contributed by atoms with Crippen molar-refractivity contribution >= 4 is 17.6 Å². The van der Waals surface area contributed by atoms with E-state index in [0.717, 1.165) is 68.1 Å². The van der Waals surface area contributed by atoms with Crippen molar-refractivity contribution in [3.05, 3.63) is 28.8 Å². The first-order valence-corrected chi connectivity index (χ1v) is 9.65. The predicted octanol–water partition coefficient (Wildman–Crippen LogP) is 1.96. The SMILES string of the molecule is Cc1cc(C)c(NC(=O)CNC(=O)NCCCCN2CCOCC2)c(C)c1. The van der Waals surface area contributed by atoms with E-state index in [0.29, 0.717) is 6.54 Å². The number of ether oxygens (including phenoxy) is 1. The second-order valence-corrected chi connectivity index (χ2v) is 7.09. The summed E-state index contributed by atoms with van der Waals surface area (Å²) in [5.74, 6) is -0.229. The Balaban J connectivity index is 1.59. The molecule has 1 aromatic carbocycles. The lowest BCUT2D eigenvalue weighted by Gasteiger charge is -2.26. The number of hydrogen-bond donors (Lipinski definition) is 3. The lowest BCUT2D eigenvalue weighted by molar-refractivity contribution is -0.115. The first-order valence-electron chi connectivity index (χ1n) is 9.65. The van der Waals surface area contributed by atoms with Gasteiger partial charge < -0.3 is 20.7 Å². The molecule has 1 fully saturated rings. The molecule has 0 bridgehead atoms.